The molecule has 2 atom stereocenters. The van der Waals surface area contributed by atoms with Gasteiger partial charge >= 0.3 is 0 Å². The lowest BCUT2D eigenvalue weighted by Gasteiger charge is -2.34. The summed E-state index contributed by atoms with van der Waals surface area (Å²) in [5, 5.41) is 5.52. The fourth-order valence-corrected chi connectivity index (χ4v) is 2.48. The Balaban J connectivity index is 0.00000529. The number of amides is 3. The number of hydrogen-bond acceptors (Lipinski definition) is 4. The number of nitrogens with two attached hydrogens (primary N) is 1. The molecule has 0 aromatic rings. The van der Waals surface area contributed by atoms with E-state index in [0.717, 1.165) is 12.8 Å². The van der Waals surface area contributed by atoms with Crippen LogP contribution in [0.3, 0.4) is 0 Å². The van der Waals surface area contributed by atoms with Gasteiger partial charge in [0.2, 0.25) is 17.7 Å². The Morgan fingerprint density at radius 2 is 1.92 bits per heavy atom. The van der Waals surface area contributed by atoms with Gasteiger partial charge in [-0.3, -0.25) is 14.4 Å². The van der Waals surface area contributed by atoms with Gasteiger partial charge in [-0.1, -0.05) is 20.8 Å². The molecule has 0 saturated carbocycles. The molecule has 0 bridgehead atoms. The molecule has 0 aromatic carbocycles. The van der Waals surface area contributed by atoms with Crippen LogP contribution in [0.25, 0.3) is 0 Å². The van der Waals surface area contributed by atoms with Gasteiger partial charge in [-0.25, -0.2) is 0 Å². The van der Waals surface area contributed by atoms with Crippen LogP contribution < -0.4 is 16.4 Å². The SMILES string of the molecule is CC(NC(=O)C(C)(C)C)C(=O)N1CCCC(C(=O)NCCN)C1.Cl. The number of nitrogens with one attached hydrogen (secondary N) is 2. The summed E-state index contributed by atoms with van der Waals surface area (Å²) in [6, 6.07) is -0.590. The van der Waals surface area contributed by atoms with Crippen LogP contribution in [0, 0.1) is 11.3 Å². The van der Waals surface area contributed by atoms with Crippen molar-refractivity contribution in [2.75, 3.05) is 26.2 Å². The predicted molar refractivity (Wildman–Crippen MR) is 95.7 cm³/mol. The highest BCUT2D eigenvalue weighted by Crippen LogP contribution is 2.18. The van der Waals surface area contributed by atoms with Crippen molar-refractivity contribution in [3.63, 3.8) is 0 Å². The average Bonchev–Trinajstić information content (AvgIpc) is 2.50. The van der Waals surface area contributed by atoms with Gasteiger partial charge in [0, 0.05) is 31.6 Å². The maximum Gasteiger partial charge on any atom is 0.244 e. The van der Waals surface area contributed by atoms with Crippen LogP contribution in [0.1, 0.15) is 40.5 Å². The zero-order valence-corrected chi connectivity index (χ0v) is 15.9. The Labute approximate surface area is 150 Å². The first-order valence-corrected chi connectivity index (χ1v) is 8.24. The molecule has 0 aliphatic carbocycles. The van der Waals surface area contributed by atoms with E-state index in [1.807, 2.05) is 0 Å². The number of halogens is 1. The second-order valence-corrected chi connectivity index (χ2v) is 7.15. The van der Waals surface area contributed by atoms with E-state index in [9.17, 15) is 14.4 Å². The molecule has 0 spiro atoms. The van der Waals surface area contributed by atoms with Crippen molar-refractivity contribution in [1.29, 1.82) is 0 Å². The summed E-state index contributed by atoms with van der Waals surface area (Å²) >= 11 is 0. The van der Waals surface area contributed by atoms with Crippen molar-refractivity contribution in [3.8, 4) is 0 Å². The first-order valence-electron chi connectivity index (χ1n) is 8.24. The molecule has 1 fully saturated rings. The molecule has 2 unspecified atom stereocenters. The molecule has 24 heavy (non-hydrogen) atoms. The van der Waals surface area contributed by atoms with Crippen LogP contribution in [0.2, 0.25) is 0 Å². The van der Waals surface area contributed by atoms with Crippen LogP contribution in [0.15, 0.2) is 0 Å². The Morgan fingerprint density at radius 1 is 1.29 bits per heavy atom. The van der Waals surface area contributed by atoms with Crippen LogP contribution in [-0.4, -0.2) is 54.8 Å². The Bertz CT molecular complexity index is 451. The average molecular weight is 363 g/mol. The standard InChI is InChI=1S/C16H30N4O3.ClH/c1-11(19-15(23)16(2,3)4)14(22)20-9-5-6-12(10-20)13(21)18-8-7-17;/h11-12H,5-10,17H2,1-4H3,(H,18,21)(H,19,23);1H. The summed E-state index contributed by atoms with van der Waals surface area (Å²) in [6.07, 6.45) is 1.55. The normalized spacial score (nSPS) is 19.0. The Hall–Kier alpha value is -1.34. The predicted octanol–water partition coefficient (Wildman–Crippen LogP) is 0.273. The summed E-state index contributed by atoms with van der Waals surface area (Å²) < 4.78 is 0. The van der Waals surface area contributed by atoms with E-state index in [4.69, 9.17) is 5.73 Å². The smallest absolute Gasteiger partial charge is 0.244 e. The van der Waals surface area contributed by atoms with Crippen molar-refractivity contribution >= 4 is 30.1 Å². The topological polar surface area (TPSA) is 105 Å². The first kappa shape index (κ1) is 22.7. The second kappa shape index (κ2) is 9.84. The molecule has 3 amide bonds. The molecule has 0 radical (unpaired) electrons. The third-order valence-corrected chi connectivity index (χ3v) is 3.95. The van der Waals surface area contributed by atoms with E-state index in [1.54, 1.807) is 32.6 Å². The highest BCUT2D eigenvalue weighted by Gasteiger charge is 2.32. The molecule has 0 aromatic heterocycles. The summed E-state index contributed by atoms with van der Waals surface area (Å²) in [5.41, 5.74) is 4.84. The van der Waals surface area contributed by atoms with Gasteiger partial charge in [0.05, 0.1) is 5.92 Å². The minimum Gasteiger partial charge on any atom is -0.355 e. The largest absolute Gasteiger partial charge is 0.355 e. The lowest BCUT2D eigenvalue weighted by atomic mass is 9.94. The molecule has 8 heteroatoms. The highest BCUT2D eigenvalue weighted by molar-refractivity contribution is 5.89. The van der Waals surface area contributed by atoms with E-state index in [2.05, 4.69) is 10.6 Å². The van der Waals surface area contributed by atoms with Gasteiger partial charge in [0.25, 0.3) is 0 Å². The third kappa shape index (κ3) is 6.65. The quantitative estimate of drug-likeness (QED) is 0.653. The van der Waals surface area contributed by atoms with Gasteiger partial charge in [-0.2, -0.15) is 0 Å². The molecule has 7 nitrogen and oxygen atoms in total. The van der Waals surface area contributed by atoms with Gasteiger partial charge in [0.15, 0.2) is 0 Å². The fourth-order valence-electron chi connectivity index (χ4n) is 2.48. The molecular weight excluding hydrogens is 332 g/mol. The van der Waals surface area contributed by atoms with Gasteiger partial charge < -0.3 is 21.3 Å². The van der Waals surface area contributed by atoms with Crippen LogP contribution >= 0.6 is 12.4 Å². The van der Waals surface area contributed by atoms with Crippen LogP contribution in [0.5, 0.6) is 0 Å². The molecule has 1 saturated heterocycles. The Morgan fingerprint density at radius 3 is 2.46 bits per heavy atom. The Kier molecular flexibility index (Phi) is 9.29. The second-order valence-electron chi connectivity index (χ2n) is 7.15. The van der Waals surface area contributed by atoms with E-state index >= 15 is 0 Å². The number of likely N-dealkylation sites (tertiary alicyclic amines) is 1. The van der Waals surface area contributed by atoms with Gasteiger partial charge in [0.1, 0.15) is 6.04 Å². The van der Waals surface area contributed by atoms with Crippen molar-refractivity contribution < 1.29 is 14.4 Å². The maximum absolute atomic E-state index is 12.5. The molecular formula is C16H31ClN4O3. The van der Waals surface area contributed by atoms with Crippen molar-refractivity contribution in [2.45, 2.75) is 46.6 Å². The monoisotopic (exact) mass is 362 g/mol. The highest BCUT2D eigenvalue weighted by atomic mass is 35.5. The summed E-state index contributed by atoms with van der Waals surface area (Å²) in [7, 11) is 0. The zero-order valence-electron chi connectivity index (χ0n) is 15.1. The van der Waals surface area contributed by atoms with Crippen LogP contribution in [0.4, 0.5) is 0 Å². The molecule has 1 heterocycles. The molecule has 1 rings (SSSR count). The molecule has 140 valence electrons. The maximum atomic E-state index is 12.5. The minimum absolute atomic E-state index is 0. The fraction of sp³-hybridized carbons (Fsp3) is 0.812. The van der Waals surface area contributed by atoms with E-state index in [1.165, 1.54) is 0 Å². The number of rotatable bonds is 5. The number of hydrogen-bond donors (Lipinski definition) is 3. The minimum atomic E-state index is -0.590. The van der Waals surface area contributed by atoms with Crippen molar-refractivity contribution in [2.24, 2.45) is 17.1 Å². The molecule has 4 N–H and O–H groups in total. The van der Waals surface area contributed by atoms with Crippen LogP contribution in [-0.2, 0) is 14.4 Å². The summed E-state index contributed by atoms with van der Waals surface area (Å²) in [5.74, 6) is -0.560. The van der Waals surface area contributed by atoms with Gasteiger partial charge in [-0.15, -0.1) is 12.4 Å². The number of carbonyl (C=O) groups excluding carboxylic acids is 3. The molecule has 1 aliphatic heterocycles. The third-order valence-electron chi connectivity index (χ3n) is 3.95. The van der Waals surface area contributed by atoms with Gasteiger partial charge in [-0.05, 0) is 19.8 Å². The summed E-state index contributed by atoms with van der Waals surface area (Å²) in [4.78, 5) is 38.2. The number of piperidine rings is 1. The lowest BCUT2D eigenvalue weighted by Crippen LogP contribution is -2.53. The number of carbonyl (C=O) groups is 3. The first-order chi connectivity index (χ1) is 10.7. The van der Waals surface area contributed by atoms with Crippen molar-refractivity contribution in [3.05, 3.63) is 0 Å². The zero-order chi connectivity index (χ0) is 17.6. The lowest BCUT2D eigenvalue weighted by molar-refractivity contribution is -0.140. The molecule has 1 aliphatic rings. The van der Waals surface area contributed by atoms with Crippen molar-refractivity contribution in [1.82, 2.24) is 15.5 Å². The van der Waals surface area contributed by atoms with E-state index in [-0.39, 0.29) is 36.0 Å². The van der Waals surface area contributed by atoms with E-state index in [0.29, 0.717) is 26.2 Å². The summed E-state index contributed by atoms with van der Waals surface area (Å²) in [6.45, 7) is 8.96. The number of nitrogens with zero attached hydrogens (tertiary/aromatic N) is 1. The van der Waals surface area contributed by atoms with E-state index < -0.39 is 11.5 Å².